The fraction of sp³-hybridized carbons (Fsp3) is 0.667. The summed E-state index contributed by atoms with van der Waals surface area (Å²) in [5.41, 5.74) is 0.725. The van der Waals surface area contributed by atoms with Gasteiger partial charge in [-0.25, -0.2) is 4.39 Å². The molecule has 4 heteroatoms. The Morgan fingerprint density at radius 2 is 2.00 bits per heavy atom. The molecule has 1 saturated carbocycles. The lowest BCUT2D eigenvalue weighted by Gasteiger charge is -2.48. The topological polar surface area (TPSA) is 28.2 Å². The van der Waals surface area contributed by atoms with Crippen molar-refractivity contribution in [1.82, 2.24) is 15.2 Å². The fourth-order valence-corrected chi connectivity index (χ4v) is 3.49. The molecule has 1 aliphatic rings. The van der Waals surface area contributed by atoms with Crippen molar-refractivity contribution >= 4 is 0 Å². The summed E-state index contributed by atoms with van der Waals surface area (Å²) >= 11 is 0. The maximum atomic E-state index is 14.1. The standard InChI is InChI=1S/C15H24FN3/c1-17-14(12-7-10-18-11-13(12)16)15(19(2)3)8-5-4-6-9-15/h7,10-11,14,17H,4-6,8-9H2,1-3H3. The monoisotopic (exact) mass is 265 g/mol. The van der Waals surface area contributed by atoms with Crippen LogP contribution in [-0.4, -0.2) is 36.6 Å². The van der Waals surface area contributed by atoms with E-state index in [9.17, 15) is 4.39 Å². The van der Waals surface area contributed by atoms with Crippen molar-refractivity contribution in [1.29, 1.82) is 0 Å². The minimum atomic E-state index is -0.214. The fourth-order valence-electron chi connectivity index (χ4n) is 3.49. The van der Waals surface area contributed by atoms with Gasteiger partial charge < -0.3 is 10.2 Å². The number of hydrogen-bond acceptors (Lipinski definition) is 3. The molecule has 0 aromatic carbocycles. The van der Waals surface area contributed by atoms with Crippen molar-refractivity contribution in [2.45, 2.75) is 43.7 Å². The Morgan fingerprint density at radius 3 is 2.53 bits per heavy atom. The van der Waals surface area contributed by atoms with E-state index in [2.05, 4.69) is 29.3 Å². The number of nitrogens with zero attached hydrogens (tertiary/aromatic N) is 2. The Kier molecular flexibility index (Phi) is 4.53. The number of pyridine rings is 1. The largest absolute Gasteiger partial charge is 0.311 e. The van der Waals surface area contributed by atoms with Crippen LogP contribution in [0.2, 0.25) is 0 Å². The predicted octanol–water partition coefficient (Wildman–Crippen LogP) is 2.75. The van der Waals surface area contributed by atoms with Gasteiger partial charge in [0.2, 0.25) is 0 Å². The van der Waals surface area contributed by atoms with E-state index in [0.717, 1.165) is 18.4 Å². The lowest BCUT2D eigenvalue weighted by atomic mass is 9.73. The summed E-state index contributed by atoms with van der Waals surface area (Å²) in [6.07, 6.45) is 8.90. The average molecular weight is 265 g/mol. The first-order valence-corrected chi connectivity index (χ1v) is 7.06. The average Bonchev–Trinajstić information content (AvgIpc) is 2.42. The highest BCUT2D eigenvalue weighted by atomic mass is 19.1. The lowest BCUT2D eigenvalue weighted by Crippen LogP contribution is -2.54. The van der Waals surface area contributed by atoms with E-state index in [1.165, 1.54) is 25.5 Å². The van der Waals surface area contributed by atoms with Gasteiger partial charge in [-0.15, -0.1) is 0 Å². The van der Waals surface area contributed by atoms with Crippen LogP contribution < -0.4 is 5.32 Å². The molecular weight excluding hydrogens is 241 g/mol. The molecule has 1 atom stereocenters. The van der Waals surface area contributed by atoms with Crippen molar-refractivity contribution < 1.29 is 4.39 Å². The smallest absolute Gasteiger partial charge is 0.146 e. The highest BCUT2D eigenvalue weighted by Crippen LogP contribution is 2.42. The molecule has 0 aliphatic heterocycles. The molecule has 0 spiro atoms. The van der Waals surface area contributed by atoms with Crippen LogP contribution in [0.15, 0.2) is 18.5 Å². The molecule has 1 aromatic heterocycles. The molecular formula is C15H24FN3. The Bertz CT molecular complexity index is 414. The van der Waals surface area contributed by atoms with Gasteiger partial charge in [0.1, 0.15) is 5.82 Å². The van der Waals surface area contributed by atoms with Gasteiger partial charge in [0, 0.05) is 17.3 Å². The summed E-state index contributed by atoms with van der Waals surface area (Å²) in [6.45, 7) is 0. The zero-order valence-electron chi connectivity index (χ0n) is 12.1. The van der Waals surface area contributed by atoms with Gasteiger partial charge in [-0.05, 0) is 40.1 Å². The van der Waals surface area contributed by atoms with E-state index < -0.39 is 0 Å². The zero-order valence-corrected chi connectivity index (χ0v) is 12.1. The van der Waals surface area contributed by atoms with Crippen LogP contribution in [0.3, 0.4) is 0 Å². The summed E-state index contributed by atoms with van der Waals surface area (Å²) in [5.74, 6) is -0.214. The number of rotatable bonds is 4. The van der Waals surface area contributed by atoms with Crippen molar-refractivity contribution in [3.05, 3.63) is 29.8 Å². The first-order valence-electron chi connectivity index (χ1n) is 7.06. The van der Waals surface area contributed by atoms with E-state index in [-0.39, 0.29) is 17.4 Å². The van der Waals surface area contributed by atoms with E-state index >= 15 is 0 Å². The van der Waals surface area contributed by atoms with Gasteiger partial charge in [-0.2, -0.15) is 0 Å². The predicted molar refractivity (Wildman–Crippen MR) is 75.5 cm³/mol. The number of hydrogen-bond donors (Lipinski definition) is 1. The van der Waals surface area contributed by atoms with Crippen molar-refractivity contribution in [3.8, 4) is 0 Å². The van der Waals surface area contributed by atoms with Crippen LogP contribution in [0.4, 0.5) is 4.39 Å². The van der Waals surface area contributed by atoms with E-state index in [4.69, 9.17) is 0 Å². The van der Waals surface area contributed by atoms with Gasteiger partial charge in [-0.1, -0.05) is 19.3 Å². The highest BCUT2D eigenvalue weighted by Gasteiger charge is 2.42. The molecule has 106 valence electrons. The summed E-state index contributed by atoms with van der Waals surface area (Å²) in [7, 11) is 6.13. The normalized spacial score (nSPS) is 20.5. The second-order valence-electron chi connectivity index (χ2n) is 5.68. The second-order valence-corrected chi connectivity index (χ2v) is 5.68. The van der Waals surface area contributed by atoms with Crippen LogP contribution in [-0.2, 0) is 0 Å². The van der Waals surface area contributed by atoms with Crippen molar-refractivity contribution in [2.75, 3.05) is 21.1 Å². The molecule has 1 unspecified atom stereocenters. The van der Waals surface area contributed by atoms with E-state index in [1.807, 2.05) is 7.05 Å². The molecule has 0 radical (unpaired) electrons. The number of halogens is 1. The number of aromatic nitrogens is 1. The third-order valence-corrected chi connectivity index (χ3v) is 4.55. The van der Waals surface area contributed by atoms with E-state index in [0.29, 0.717) is 0 Å². The Labute approximate surface area is 115 Å². The van der Waals surface area contributed by atoms with Gasteiger partial charge in [0.25, 0.3) is 0 Å². The molecule has 0 saturated heterocycles. The number of nitrogens with one attached hydrogen (secondary N) is 1. The molecule has 1 N–H and O–H groups in total. The first-order chi connectivity index (χ1) is 9.12. The minimum Gasteiger partial charge on any atom is -0.311 e. The maximum Gasteiger partial charge on any atom is 0.146 e. The molecule has 0 amide bonds. The summed E-state index contributed by atoms with van der Waals surface area (Å²) in [4.78, 5) is 6.13. The molecule has 3 nitrogen and oxygen atoms in total. The van der Waals surface area contributed by atoms with E-state index in [1.54, 1.807) is 12.3 Å². The second kappa shape index (κ2) is 5.97. The lowest BCUT2D eigenvalue weighted by molar-refractivity contribution is 0.0580. The summed E-state index contributed by atoms with van der Waals surface area (Å²) < 4.78 is 14.1. The molecule has 19 heavy (non-hydrogen) atoms. The maximum absolute atomic E-state index is 14.1. The van der Waals surface area contributed by atoms with Crippen molar-refractivity contribution in [3.63, 3.8) is 0 Å². The Hall–Kier alpha value is -1.00. The van der Waals surface area contributed by atoms with Gasteiger partial charge >= 0.3 is 0 Å². The molecule has 1 aromatic rings. The molecule has 1 aliphatic carbocycles. The minimum absolute atomic E-state index is 0.00477. The third kappa shape index (κ3) is 2.65. The Morgan fingerprint density at radius 1 is 1.32 bits per heavy atom. The zero-order chi connectivity index (χ0) is 13.9. The van der Waals surface area contributed by atoms with Gasteiger partial charge in [0.05, 0.1) is 12.2 Å². The molecule has 1 fully saturated rings. The quantitative estimate of drug-likeness (QED) is 0.907. The van der Waals surface area contributed by atoms with Crippen LogP contribution in [0.1, 0.15) is 43.7 Å². The van der Waals surface area contributed by atoms with Crippen LogP contribution in [0.5, 0.6) is 0 Å². The summed E-state index contributed by atoms with van der Waals surface area (Å²) in [5, 5.41) is 3.34. The number of likely N-dealkylation sites (N-methyl/N-ethyl adjacent to an activating group) is 2. The molecule has 0 bridgehead atoms. The van der Waals surface area contributed by atoms with Gasteiger partial charge in [-0.3, -0.25) is 4.98 Å². The van der Waals surface area contributed by atoms with Crippen LogP contribution >= 0.6 is 0 Å². The van der Waals surface area contributed by atoms with Crippen molar-refractivity contribution in [2.24, 2.45) is 0 Å². The Balaban J connectivity index is 2.40. The van der Waals surface area contributed by atoms with Gasteiger partial charge in [0.15, 0.2) is 0 Å². The van der Waals surface area contributed by atoms with Crippen LogP contribution in [0.25, 0.3) is 0 Å². The highest BCUT2D eigenvalue weighted by molar-refractivity contribution is 5.23. The SMILES string of the molecule is CNC(c1ccncc1F)C1(N(C)C)CCCCC1. The molecule has 1 heterocycles. The third-order valence-electron chi connectivity index (χ3n) is 4.55. The summed E-state index contributed by atoms with van der Waals surface area (Å²) in [6, 6.07) is 1.81. The van der Waals surface area contributed by atoms with Crippen LogP contribution in [0, 0.1) is 5.82 Å². The molecule has 2 rings (SSSR count). The first kappa shape index (κ1) is 14.4.